The van der Waals surface area contributed by atoms with Crippen LogP contribution in [-0.2, 0) is 0 Å². The highest BCUT2D eigenvalue weighted by atomic mass is 35.5. The summed E-state index contributed by atoms with van der Waals surface area (Å²) in [4.78, 5) is 8.61. The van der Waals surface area contributed by atoms with Gasteiger partial charge in [-0.3, -0.25) is 0 Å². The third-order valence-electron chi connectivity index (χ3n) is 3.16. The monoisotopic (exact) mass is 360 g/mol. The Bertz CT molecular complexity index is 857. The van der Waals surface area contributed by atoms with Crippen LogP contribution in [0.1, 0.15) is 0 Å². The molecule has 2 N–H and O–H groups in total. The van der Waals surface area contributed by atoms with Gasteiger partial charge in [0.25, 0.3) is 0 Å². The van der Waals surface area contributed by atoms with Gasteiger partial charge in [-0.1, -0.05) is 29.3 Å². The van der Waals surface area contributed by atoms with Crippen LogP contribution < -0.4 is 15.4 Å². The van der Waals surface area contributed by atoms with Crippen LogP contribution in [0.2, 0.25) is 10.0 Å². The molecule has 0 saturated carbocycles. The molecule has 3 rings (SSSR count). The third-order valence-corrected chi connectivity index (χ3v) is 3.69. The fraction of sp³-hybridized carbons (Fsp3) is 0.0588. The van der Waals surface area contributed by atoms with Gasteiger partial charge in [0.2, 0.25) is 5.95 Å². The fourth-order valence-corrected chi connectivity index (χ4v) is 2.52. The van der Waals surface area contributed by atoms with Crippen LogP contribution in [0, 0.1) is 0 Å². The fourth-order valence-electron chi connectivity index (χ4n) is 2.08. The van der Waals surface area contributed by atoms with Crippen molar-refractivity contribution in [2.45, 2.75) is 0 Å². The number of nitrogens with one attached hydrogen (secondary N) is 2. The number of anilines is 4. The van der Waals surface area contributed by atoms with E-state index in [0.717, 1.165) is 11.4 Å². The molecule has 5 nitrogen and oxygen atoms in total. The first kappa shape index (κ1) is 16.4. The van der Waals surface area contributed by atoms with Crippen molar-refractivity contribution in [3.05, 3.63) is 64.8 Å². The second-order valence-electron chi connectivity index (χ2n) is 4.88. The van der Waals surface area contributed by atoms with Gasteiger partial charge in [-0.25, -0.2) is 4.98 Å². The van der Waals surface area contributed by atoms with Crippen LogP contribution in [0.15, 0.2) is 54.7 Å². The molecule has 0 radical (unpaired) electrons. The average Bonchev–Trinajstić information content (AvgIpc) is 2.55. The number of methoxy groups -OCH3 is 1. The predicted octanol–water partition coefficient (Wildman–Crippen LogP) is 5.28. The Labute approximate surface area is 149 Å². The van der Waals surface area contributed by atoms with Gasteiger partial charge >= 0.3 is 0 Å². The van der Waals surface area contributed by atoms with Crippen molar-refractivity contribution >= 4 is 46.3 Å². The molecule has 0 fully saturated rings. The van der Waals surface area contributed by atoms with Gasteiger partial charge in [0, 0.05) is 22.6 Å². The molecule has 1 heterocycles. The minimum absolute atomic E-state index is 0.460. The SMILES string of the molecule is COc1ccc(Nc2ccnc(Nc3cccc(Cl)c3)n2)cc1Cl. The highest BCUT2D eigenvalue weighted by molar-refractivity contribution is 6.32. The molecule has 1 aromatic heterocycles. The van der Waals surface area contributed by atoms with E-state index in [1.54, 1.807) is 43.6 Å². The lowest BCUT2D eigenvalue weighted by Crippen LogP contribution is -2.00. The second kappa shape index (κ2) is 7.38. The molecule has 0 atom stereocenters. The highest BCUT2D eigenvalue weighted by Crippen LogP contribution is 2.28. The number of aromatic nitrogens is 2. The van der Waals surface area contributed by atoms with Gasteiger partial charge in [-0.15, -0.1) is 0 Å². The van der Waals surface area contributed by atoms with Crippen LogP contribution in [0.4, 0.5) is 23.1 Å². The number of nitrogens with zero attached hydrogens (tertiary/aromatic N) is 2. The highest BCUT2D eigenvalue weighted by Gasteiger charge is 2.04. The summed E-state index contributed by atoms with van der Waals surface area (Å²) in [7, 11) is 1.58. The van der Waals surface area contributed by atoms with Gasteiger partial charge in [-0.2, -0.15) is 4.98 Å². The number of hydrogen-bond acceptors (Lipinski definition) is 5. The zero-order chi connectivity index (χ0) is 16.9. The maximum Gasteiger partial charge on any atom is 0.229 e. The Balaban J connectivity index is 1.76. The summed E-state index contributed by atoms with van der Waals surface area (Å²) in [6, 6.07) is 14.5. The third kappa shape index (κ3) is 4.07. The number of halogens is 2. The molecule has 0 spiro atoms. The largest absolute Gasteiger partial charge is 0.495 e. The normalized spacial score (nSPS) is 10.3. The molecule has 0 unspecified atom stereocenters. The van der Waals surface area contributed by atoms with Gasteiger partial charge in [0.05, 0.1) is 12.1 Å². The van der Waals surface area contributed by atoms with Crippen molar-refractivity contribution < 1.29 is 4.74 Å². The topological polar surface area (TPSA) is 59.1 Å². The zero-order valence-electron chi connectivity index (χ0n) is 12.8. The van der Waals surface area contributed by atoms with Crippen molar-refractivity contribution in [1.29, 1.82) is 0 Å². The standard InChI is InChI=1S/C17H14Cl2N4O/c1-24-15-6-5-13(10-14(15)19)21-16-7-8-20-17(23-16)22-12-4-2-3-11(18)9-12/h2-10H,1H3,(H2,20,21,22,23). The number of benzene rings is 2. The summed E-state index contributed by atoms with van der Waals surface area (Å²) >= 11 is 12.1. The smallest absolute Gasteiger partial charge is 0.229 e. The molecule has 2 aromatic carbocycles. The number of hydrogen-bond donors (Lipinski definition) is 2. The lowest BCUT2D eigenvalue weighted by atomic mass is 10.3. The van der Waals surface area contributed by atoms with Gasteiger partial charge in [0.1, 0.15) is 11.6 Å². The molecule has 24 heavy (non-hydrogen) atoms. The Morgan fingerprint density at radius 2 is 1.79 bits per heavy atom. The van der Waals surface area contributed by atoms with E-state index < -0.39 is 0 Å². The van der Waals surface area contributed by atoms with Crippen LogP contribution in [0.25, 0.3) is 0 Å². The second-order valence-corrected chi connectivity index (χ2v) is 5.72. The minimum atomic E-state index is 0.460. The van der Waals surface area contributed by atoms with E-state index in [1.807, 2.05) is 18.2 Å². The Morgan fingerprint density at radius 3 is 2.54 bits per heavy atom. The molecule has 0 amide bonds. The van der Waals surface area contributed by atoms with E-state index in [9.17, 15) is 0 Å². The first-order chi connectivity index (χ1) is 11.6. The summed E-state index contributed by atoms with van der Waals surface area (Å²) in [5.74, 6) is 1.71. The Morgan fingerprint density at radius 1 is 0.958 bits per heavy atom. The molecule has 0 bridgehead atoms. The van der Waals surface area contributed by atoms with Crippen LogP contribution >= 0.6 is 23.2 Å². The lowest BCUT2D eigenvalue weighted by Gasteiger charge is -2.10. The molecule has 0 saturated heterocycles. The van der Waals surface area contributed by atoms with E-state index in [4.69, 9.17) is 27.9 Å². The van der Waals surface area contributed by atoms with E-state index in [0.29, 0.717) is 27.6 Å². The molecule has 0 aliphatic carbocycles. The Hall–Kier alpha value is -2.50. The molecule has 7 heteroatoms. The predicted molar refractivity (Wildman–Crippen MR) is 98.1 cm³/mol. The maximum absolute atomic E-state index is 6.13. The summed E-state index contributed by atoms with van der Waals surface area (Å²) < 4.78 is 5.14. The first-order valence-electron chi connectivity index (χ1n) is 7.10. The quantitative estimate of drug-likeness (QED) is 0.648. The van der Waals surface area contributed by atoms with Crippen molar-refractivity contribution in [3.8, 4) is 5.75 Å². The van der Waals surface area contributed by atoms with Crippen LogP contribution in [-0.4, -0.2) is 17.1 Å². The molecule has 3 aromatic rings. The number of rotatable bonds is 5. The van der Waals surface area contributed by atoms with Crippen LogP contribution in [0.5, 0.6) is 5.75 Å². The molecule has 122 valence electrons. The summed E-state index contributed by atoms with van der Waals surface area (Å²) in [5, 5.41) is 7.45. The van der Waals surface area contributed by atoms with Crippen molar-refractivity contribution in [2.24, 2.45) is 0 Å². The average molecular weight is 361 g/mol. The van der Waals surface area contributed by atoms with Gasteiger partial charge in [0.15, 0.2) is 0 Å². The Kier molecular flexibility index (Phi) is 5.03. The molecule has 0 aliphatic heterocycles. The van der Waals surface area contributed by atoms with Crippen molar-refractivity contribution in [3.63, 3.8) is 0 Å². The summed E-state index contributed by atoms with van der Waals surface area (Å²) in [5.41, 5.74) is 1.61. The van der Waals surface area contributed by atoms with E-state index in [1.165, 1.54) is 0 Å². The molecular formula is C17H14Cl2N4O. The first-order valence-corrected chi connectivity index (χ1v) is 7.86. The molecule has 0 aliphatic rings. The van der Waals surface area contributed by atoms with E-state index >= 15 is 0 Å². The maximum atomic E-state index is 6.13. The summed E-state index contributed by atoms with van der Waals surface area (Å²) in [6.07, 6.45) is 1.66. The zero-order valence-corrected chi connectivity index (χ0v) is 14.3. The molecular weight excluding hydrogens is 347 g/mol. The summed E-state index contributed by atoms with van der Waals surface area (Å²) in [6.45, 7) is 0. The van der Waals surface area contributed by atoms with Gasteiger partial charge < -0.3 is 15.4 Å². The van der Waals surface area contributed by atoms with Crippen molar-refractivity contribution in [1.82, 2.24) is 9.97 Å². The van der Waals surface area contributed by atoms with Crippen LogP contribution in [0.3, 0.4) is 0 Å². The lowest BCUT2D eigenvalue weighted by molar-refractivity contribution is 0.415. The number of ether oxygens (including phenoxy) is 1. The van der Waals surface area contributed by atoms with Gasteiger partial charge in [-0.05, 0) is 42.5 Å². The van der Waals surface area contributed by atoms with Crippen molar-refractivity contribution in [2.75, 3.05) is 17.7 Å². The van der Waals surface area contributed by atoms with E-state index in [2.05, 4.69) is 20.6 Å². The minimum Gasteiger partial charge on any atom is -0.495 e. The van der Waals surface area contributed by atoms with E-state index in [-0.39, 0.29) is 0 Å².